The average molecular weight is 312 g/mol. The molecule has 0 aliphatic carbocycles. The van der Waals surface area contributed by atoms with E-state index in [2.05, 4.69) is 36.6 Å². The van der Waals surface area contributed by atoms with E-state index in [9.17, 15) is 4.79 Å². The molecule has 0 spiro atoms. The van der Waals surface area contributed by atoms with E-state index in [-0.39, 0.29) is 5.91 Å². The molecule has 1 atom stereocenters. The van der Waals surface area contributed by atoms with Crippen molar-refractivity contribution in [2.45, 2.75) is 30.1 Å². The summed E-state index contributed by atoms with van der Waals surface area (Å²) in [5.41, 5.74) is 2.80. The molecular weight excluding hydrogens is 292 g/mol. The van der Waals surface area contributed by atoms with Crippen molar-refractivity contribution in [2.24, 2.45) is 5.92 Å². The molecule has 0 bridgehead atoms. The zero-order chi connectivity index (χ0) is 15.5. The zero-order valence-corrected chi connectivity index (χ0v) is 13.7. The van der Waals surface area contributed by atoms with E-state index in [1.807, 2.05) is 30.3 Å². The molecule has 2 N–H and O–H groups in total. The largest absolute Gasteiger partial charge is 0.354 e. The molecule has 0 radical (unpaired) electrons. The second-order valence-corrected chi connectivity index (χ2v) is 6.74. The van der Waals surface area contributed by atoms with Gasteiger partial charge in [0.05, 0.1) is 11.4 Å². The van der Waals surface area contributed by atoms with E-state index in [0.29, 0.717) is 11.5 Å². The third-order valence-electron chi connectivity index (χ3n) is 3.93. The van der Waals surface area contributed by atoms with Crippen LogP contribution in [0.5, 0.6) is 0 Å². The SMILES string of the molecule is CCC(C)CNC(=O)c1ccc2c(c1)Nc1ccccc1S2. The first-order valence-electron chi connectivity index (χ1n) is 7.63. The highest BCUT2D eigenvalue weighted by atomic mass is 32.2. The van der Waals surface area contributed by atoms with Crippen molar-refractivity contribution in [1.82, 2.24) is 5.32 Å². The summed E-state index contributed by atoms with van der Waals surface area (Å²) >= 11 is 1.73. The summed E-state index contributed by atoms with van der Waals surface area (Å²) in [6, 6.07) is 14.1. The molecular formula is C18H20N2OS. The Morgan fingerprint density at radius 1 is 1.18 bits per heavy atom. The van der Waals surface area contributed by atoms with Crippen LogP contribution < -0.4 is 10.6 Å². The van der Waals surface area contributed by atoms with Crippen LogP contribution in [0.25, 0.3) is 0 Å². The van der Waals surface area contributed by atoms with Crippen molar-refractivity contribution in [3.63, 3.8) is 0 Å². The minimum atomic E-state index is -0.00578. The molecule has 114 valence electrons. The number of anilines is 2. The first kappa shape index (κ1) is 15.0. The molecule has 1 aliphatic rings. The molecule has 1 amide bonds. The van der Waals surface area contributed by atoms with Crippen LogP contribution in [0.3, 0.4) is 0 Å². The molecule has 0 fully saturated rings. The van der Waals surface area contributed by atoms with Gasteiger partial charge in [0.2, 0.25) is 0 Å². The Hall–Kier alpha value is -1.94. The standard InChI is InChI=1S/C18H20N2OS/c1-3-12(2)11-19-18(21)13-8-9-17-15(10-13)20-14-6-4-5-7-16(14)22-17/h4-10,12,20H,3,11H2,1-2H3,(H,19,21). The fraction of sp³-hybridized carbons (Fsp3) is 0.278. The van der Waals surface area contributed by atoms with Gasteiger partial charge < -0.3 is 10.6 Å². The number of amides is 1. The smallest absolute Gasteiger partial charge is 0.251 e. The Morgan fingerprint density at radius 3 is 2.77 bits per heavy atom. The fourth-order valence-electron chi connectivity index (χ4n) is 2.29. The van der Waals surface area contributed by atoms with Crippen LogP contribution in [-0.4, -0.2) is 12.5 Å². The highest BCUT2D eigenvalue weighted by Gasteiger charge is 2.17. The summed E-state index contributed by atoms with van der Waals surface area (Å²) in [5.74, 6) is 0.496. The summed E-state index contributed by atoms with van der Waals surface area (Å²) in [6.45, 7) is 4.99. The lowest BCUT2D eigenvalue weighted by Crippen LogP contribution is -2.28. The summed E-state index contributed by atoms with van der Waals surface area (Å²) in [6.07, 6.45) is 1.07. The van der Waals surface area contributed by atoms with Gasteiger partial charge in [0, 0.05) is 21.9 Å². The highest BCUT2D eigenvalue weighted by molar-refractivity contribution is 7.99. The van der Waals surface area contributed by atoms with E-state index in [4.69, 9.17) is 0 Å². The number of carbonyl (C=O) groups is 1. The first-order valence-corrected chi connectivity index (χ1v) is 8.45. The lowest BCUT2D eigenvalue weighted by atomic mass is 10.1. The number of para-hydroxylation sites is 1. The lowest BCUT2D eigenvalue weighted by molar-refractivity contribution is 0.0948. The van der Waals surface area contributed by atoms with Gasteiger partial charge >= 0.3 is 0 Å². The van der Waals surface area contributed by atoms with Gasteiger partial charge in [-0.1, -0.05) is 44.2 Å². The quantitative estimate of drug-likeness (QED) is 0.735. The highest BCUT2D eigenvalue weighted by Crippen LogP contribution is 2.44. The van der Waals surface area contributed by atoms with Crippen LogP contribution >= 0.6 is 11.8 Å². The number of nitrogens with one attached hydrogen (secondary N) is 2. The van der Waals surface area contributed by atoms with Crippen molar-refractivity contribution in [2.75, 3.05) is 11.9 Å². The van der Waals surface area contributed by atoms with Crippen LogP contribution in [0.15, 0.2) is 52.3 Å². The minimum absolute atomic E-state index is 0.00578. The first-order chi connectivity index (χ1) is 10.7. The molecule has 1 aliphatic heterocycles. The second kappa shape index (κ2) is 6.44. The zero-order valence-electron chi connectivity index (χ0n) is 12.8. The van der Waals surface area contributed by atoms with Crippen LogP contribution in [0, 0.1) is 5.92 Å². The summed E-state index contributed by atoms with van der Waals surface area (Å²) in [7, 11) is 0. The number of rotatable bonds is 4. The molecule has 2 aromatic carbocycles. The molecule has 2 aromatic rings. The predicted molar refractivity (Wildman–Crippen MR) is 92.1 cm³/mol. The summed E-state index contributed by atoms with van der Waals surface area (Å²) in [4.78, 5) is 14.6. The van der Waals surface area contributed by atoms with Gasteiger partial charge in [0.15, 0.2) is 0 Å². The van der Waals surface area contributed by atoms with Crippen LogP contribution in [0.4, 0.5) is 11.4 Å². The van der Waals surface area contributed by atoms with Gasteiger partial charge in [-0.2, -0.15) is 0 Å². The molecule has 0 saturated carbocycles. The molecule has 0 aromatic heterocycles. The van der Waals surface area contributed by atoms with Crippen LogP contribution in [-0.2, 0) is 0 Å². The molecule has 3 nitrogen and oxygen atoms in total. The number of fused-ring (bicyclic) bond motifs is 2. The Kier molecular flexibility index (Phi) is 4.39. The third-order valence-corrected chi connectivity index (χ3v) is 5.08. The Balaban J connectivity index is 1.76. The maximum absolute atomic E-state index is 12.3. The van der Waals surface area contributed by atoms with E-state index in [1.165, 1.54) is 4.90 Å². The number of benzene rings is 2. The second-order valence-electron chi connectivity index (χ2n) is 5.66. The van der Waals surface area contributed by atoms with Gasteiger partial charge in [-0.25, -0.2) is 0 Å². The average Bonchev–Trinajstić information content (AvgIpc) is 2.56. The van der Waals surface area contributed by atoms with Gasteiger partial charge in [-0.15, -0.1) is 0 Å². The number of carbonyl (C=O) groups excluding carboxylic acids is 1. The maximum Gasteiger partial charge on any atom is 0.251 e. The monoisotopic (exact) mass is 312 g/mol. The number of hydrogen-bond acceptors (Lipinski definition) is 3. The van der Waals surface area contributed by atoms with Crippen molar-refractivity contribution in [3.05, 3.63) is 48.0 Å². The van der Waals surface area contributed by atoms with Crippen molar-refractivity contribution < 1.29 is 4.79 Å². The van der Waals surface area contributed by atoms with Gasteiger partial charge in [-0.3, -0.25) is 4.79 Å². The summed E-state index contributed by atoms with van der Waals surface area (Å²) in [5, 5.41) is 6.41. The molecule has 1 heterocycles. The van der Waals surface area contributed by atoms with Crippen molar-refractivity contribution in [3.8, 4) is 0 Å². The molecule has 0 saturated heterocycles. The molecule has 22 heavy (non-hydrogen) atoms. The van der Waals surface area contributed by atoms with Crippen molar-refractivity contribution in [1.29, 1.82) is 0 Å². The molecule has 1 unspecified atom stereocenters. The van der Waals surface area contributed by atoms with Crippen LogP contribution in [0.1, 0.15) is 30.6 Å². The third kappa shape index (κ3) is 3.12. The topological polar surface area (TPSA) is 41.1 Å². The van der Waals surface area contributed by atoms with E-state index in [1.54, 1.807) is 11.8 Å². The van der Waals surface area contributed by atoms with Gasteiger partial charge in [-0.05, 0) is 36.2 Å². The van der Waals surface area contributed by atoms with E-state index >= 15 is 0 Å². The minimum Gasteiger partial charge on any atom is -0.354 e. The van der Waals surface area contributed by atoms with Gasteiger partial charge in [0.25, 0.3) is 5.91 Å². The van der Waals surface area contributed by atoms with Crippen LogP contribution in [0.2, 0.25) is 0 Å². The number of hydrogen-bond donors (Lipinski definition) is 2. The predicted octanol–water partition coefficient (Wildman–Crippen LogP) is 4.67. The Bertz CT molecular complexity index is 699. The lowest BCUT2D eigenvalue weighted by Gasteiger charge is -2.21. The fourth-order valence-corrected chi connectivity index (χ4v) is 3.26. The van der Waals surface area contributed by atoms with E-state index < -0.39 is 0 Å². The van der Waals surface area contributed by atoms with E-state index in [0.717, 1.165) is 29.2 Å². The normalized spacial score (nSPS) is 13.5. The molecule has 4 heteroatoms. The maximum atomic E-state index is 12.3. The molecule has 3 rings (SSSR count). The Labute approximate surface area is 135 Å². The Morgan fingerprint density at radius 2 is 1.95 bits per heavy atom. The van der Waals surface area contributed by atoms with Crippen molar-refractivity contribution >= 4 is 29.0 Å². The van der Waals surface area contributed by atoms with Gasteiger partial charge in [0.1, 0.15) is 0 Å². The summed E-state index contributed by atoms with van der Waals surface area (Å²) < 4.78 is 0.